The summed E-state index contributed by atoms with van der Waals surface area (Å²) >= 11 is 12.1. The van der Waals surface area contributed by atoms with E-state index in [9.17, 15) is 20.3 Å². The summed E-state index contributed by atoms with van der Waals surface area (Å²) < 4.78 is 31.3. The second kappa shape index (κ2) is 9.67. The smallest absolute Gasteiger partial charge is 0.321 e. The lowest BCUT2D eigenvalue weighted by atomic mass is 9.50. The Morgan fingerprint density at radius 2 is 1.86 bits per heavy atom. The van der Waals surface area contributed by atoms with Gasteiger partial charge in [-0.15, -0.1) is 0 Å². The number of aliphatic carboxylic acids is 1. The van der Waals surface area contributed by atoms with Gasteiger partial charge in [-0.3, -0.25) is 4.79 Å². The van der Waals surface area contributed by atoms with E-state index in [0.717, 1.165) is 25.3 Å². The van der Waals surface area contributed by atoms with Crippen LogP contribution in [0.4, 0.5) is 8.78 Å². The van der Waals surface area contributed by atoms with Crippen molar-refractivity contribution >= 4 is 29.2 Å². The van der Waals surface area contributed by atoms with Crippen molar-refractivity contribution in [3.63, 3.8) is 0 Å². The SMILES string of the molecule is N#C[C@]1(c2ccc(Cl)cc2F)CN[C@@H](C(=O)O)[C@]1(CC1(CO)CCCCC1)c1cccc(Cl)c1F. The standard InChI is InChI=1S/C26H26Cl2F2N2O3/c27-16-7-8-17(20(29)11-16)25(13-31)14-32-22(23(34)35)26(25,18-5-4-6-19(28)21(18)30)12-24(15-33)9-2-1-3-10-24/h4-8,11,22,32-33H,1-3,9-10,12,14-15H2,(H,34,35)/t22-,25+,26-/m0/s1. The molecule has 4 rings (SSSR count). The molecular weight excluding hydrogens is 497 g/mol. The maximum Gasteiger partial charge on any atom is 0.321 e. The number of carboxylic acid groups (broad SMARTS) is 1. The highest BCUT2D eigenvalue weighted by Gasteiger charge is 2.68. The predicted molar refractivity (Wildman–Crippen MR) is 128 cm³/mol. The number of nitrogens with one attached hydrogen (secondary N) is 1. The number of aliphatic hydroxyl groups is 1. The molecule has 0 unspecified atom stereocenters. The van der Waals surface area contributed by atoms with Gasteiger partial charge in [0.05, 0.1) is 11.1 Å². The number of carbonyl (C=O) groups is 1. The molecule has 2 aliphatic rings. The van der Waals surface area contributed by atoms with Crippen molar-refractivity contribution in [2.75, 3.05) is 13.2 Å². The van der Waals surface area contributed by atoms with E-state index in [1.54, 1.807) is 0 Å². The van der Waals surface area contributed by atoms with Crippen LogP contribution in [-0.4, -0.2) is 35.4 Å². The molecule has 1 aliphatic carbocycles. The first-order chi connectivity index (χ1) is 16.7. The van der Waals surface area contributed by atoms with Crippen LogP contribution in [0.5, 0.6) is 0 Å². The third kappa shape index (κ3) is 4.01. The molecule has 0 spiro atoms. The van der Waals surface area contributed by atoms with Gasteiger partial charge in [0.2, 0.25) is 0 Å². The van der Waals surface area contributed by atoms with Crippen LogP contribution in [0, 0.1) is 28.4 Å². The Bertz CT molecular complexity index is 1180. The van der Waals surface area contributed by atoms with E-state index in [-0.39, 0.29) is 40.7 Å². The number of benzene rings is 2. The Kier molecular flexibility index (Phi) is 7.14. The highest BCUT2D eigenvalue weighted by Crippen LogP contribution is 2.59. The zero-order valence-corrected chi connectivity index (χ0v) is 20.5. The summed E-state index contributed by atoms with van der Waals surface area (Å²) in [5, 5.41) is 34.4. The number of nitrogens with zero attached hydrogens (tertiary/aromatic N) is 1. The van der Waals surface area contributed by atoms with Crippen molar-refractivity contribution < 1.29 is 23.8 Å². The topological polar surface area (TPSA) is 93.4 Å². The van der Waals surface area contributed by atoms with E-state index < -0.39 is 39.9 Å². The van der Waals surface area contributed by atoms with Gasteiger partial charge in [0.15, 0.2) is 0 Å². The monoisotopic (exact) mass is 522 g/mol. The molecule has 1 heterocycles. The molecule has 2 aromatic carbocycles. The predicted octanol–water partition coefficient (Wildman–Crippen LogP) is 5.36. The molecule has 1 aliphatic heterocycles. The van der Waals surface area contributed by atoms with Gasteiger partial charge in [0, 0.05) is 29.2 Å². The zero-order valence-electron chi connectivity index (χ0n) is 19.0. The largest absolute Gasteiger partial charge is 0.480 e. The zero-order chi connectivity index (χ0) is 25.4. The van der Waals surface area contributed by atoms with Crippen LogP contribution in [0.1, 0.15) is 49.7 Å². The molecule has 1 saturated heterocycles. The van der Waals surface area contributed by atoms with Crippen LogP contribution in [0.2, 0.25) is 10.0 Å². The number of halogens is 4. The average Bonchev–Trinajstić information content (AvgIpc) is 3.16. The van der Waals surface area contributed by atoms with Gasteiger partial charge >= 0.3 is 5.97 Å². The third-order valence-corrected chi connectivity index (χ3v) is 8.52. The summed E-state index contributed by atoms with van der Waals surface area (Å²) in [5.74, 6) is -2.96. The second-order valence-electron chi connectivity index (χ2n) is 9.76. The van der Waals surface area contributed by atoms with E-state index in [1.807, 2.05) is 0 Å². The first kappa shape index (κ1) is 25.8. The van der Waals surface area contributed by atoms with Crippen molar-refractivity contribution in [3.05, 3.63) is 69.2 Å². The van der Waals surface area contributed by atoms with Crippen LogP contribution in [-0.2, 0) is 15.6 Å². The minimum atomic E-state index is -1.84. The molecule has 3 atom stereocenters. The molecule has 2 fully saturated rings. The van der Waals surface area contributed by atoms with E-state index in [4.69, 9.17) is 23.2 Å². The maximum atomic E-state index is 15.8. The van der Waals surface area contributed by atoms with Gasteiger partial charge in [-0.05, 0) is 48.4 Å². The van der Waals surface area contributed by atoms with E-state index >= 15 is 8.78 Å². The van der Waals surface area contributed by atoms with Crippen molar-refractivity contribution in [1.29, 1.82) is 5.26 Å². The Hall–Kier alpha value is -2.24. The van der Waals surface area contributed by atoms with Crippen molar-refractivity contribution in [2.45, 2.75) is 55.4 Å². The lowest BCUT2D eigenvalue weighted by Crippen LogP contribution is -2.58. The molecular formula is C26H26Cl2F2N2O3. The Labute approximate surface area is 212 Å². The summed E-state index contributed by atoms with van der Waals surface area (Å²) in [7, 11) is 0. The van der Waals surface area contributed by atoms with Crippen molar-refractivity contribution in [3.8, 4) is 6.07 Å². The van der Waals surface area contributed by atoms with Crippen LogP contribution in [0.25, 0.3) is 0 Å². The summed E-state index contributed by atoms with van der Waals surface area (Å²) in [6.07, 6.45) is 3.65. The molecule has 9 heteroatoms. The Balaban J connectivity index is 2.11. The lowest BCUT2D eigenvalue weighted by Gasteiger charge is -2.50. The van der Waals surface area contributed by atoms with E-state index in [0.29, 0.717) is 12.8 Å². The summed E-state index contributed by atoms with van der Waals surface area (Å²) in [4.78, 5) is 12.7. The molecule has 0 bridgehead atoms. The van der Waals surface area contributed by atoms with Gasteiger partial charge in [0.25, 0.3) is 0 Å². The van der Waals surface area contributed by atoms with Gasteiger partial charge in [-0.2, -0.15) is 5.26 Å². The third-order valence-electron chi connectivity index (χ3n) is 7.99. The van der Waals surface area contributed by atoms with E-state index in [2.05, 4.69) is 11.4 Å². The van der Waals surface area contributed by atoms with Crippen LogP contribution in [0.15, 0.2) is 36.4 Å². The average molecular weight is 523 g/mol. The van der Waals surface area contributed by atoms with Crippen molar-refractivity contribution in [1.82, 2.24) is 5.32 Å². The maximum absolute atomic E-state index is 15.8. The second-order valence-corrected chi connectivity index (χ2v) is 10.6. The summed E-state index contributed by atoms with van der Waals surface area (Å²) in [6, 6.07) is 8.85. The minimum absolute atomic E-state index is 0.0483. The van der Waals surface area contributed by atoms with Crippen LogP contribution < -0.4 is 5.32 Å². The normalized spacial score (nSPS) is 27.9. The molecule has 0 aromatic heterocycles. The number of nitriles is 1. The first-order valence-electron chi connectivity index (χ1n) is 11.5. The number of rotatable bonds is 6. The number of carboxylic acids is 1. The fraction of sp³-hybridized carbons (Fsp3) is 0.462. The minimum Gasteiger partial charge on any atom is -0.480 e. The van der Waals surface area contributed by atoms with Gasteiger partial charge < -0.3 is 15.5 Å². The van der Waals surface area contributed by atoms with Crippen molar-refractivity contribution in [2.24, 2.45) is 5.41 Å². The van der Waals surface area contributed by atoms with Crippen LogP contribution in [0.3, 0.4) is 0 Å². The highest BCUT2D eigenvalue weighted by atomic mass is 35.5. The van der Waals surface area contributed by atoms with Gasteiger partial charge in [-0.1, -0.05) is 60.7 Å². The Morgan fingerprint density at radius 3 is 2.46 bits per heavy atom. The van der Waals surface area contributed by atoms with Crippen LogP contribution >= 0.6 is 23.2 Å². The number of aliphatic hydroxyl groups excluding tert-OH is 1. The Morgan fingerprint density at radius 1 is 1.14 bits per heavy atom. The van der Waals surface area contributed by atoms with Gasteiger partial charge in [0.1, 0.15) is 23.1 Å². The van der Waals surface area contributed by atoms with Gasteiger partial charge in [-0.25, -0.2) is 8.78 Å². The molecule has 186 valence electrons. The first-order valence-corrected chi connectivity index (χ1v) is 12.3. The fourth-order valence-corrected chi connectivity index (χ4v) is 6.70. The van der Waals surface area contributed by atoms with E-state index in [1.165, 1.54) is 30.3 Å². The highest BCUT2D eigenvalue weighted by molar-refractivity contribution is 6.31. The molecule has 1 saturated carbocycles. The molecule has 0 radical (unpaired) electrons. The lowest BCUT2D eigenvalue weighted by molar-refractivity contribution is -0.141. The molecule has 2 aromatic rings. The fourth-order valence-electron chi connectivity index (χ4n) is 6.37. The molecule has 35 heavy (non-hydrogen) atoms. The number of hydrogen-bond acceptors (Lipinski definition) is 4. The number of hydrogen-bond donors (Lipinski definition) is 3. The summed E-state index contributed by atoms with van der Waals surface area (Å²) in [5.41, 5.74) is -4.58. The molecule has 3 N–H and O–H groups in total. The summed E-state index contributed by atoms with van der Waals surface area (Å²) in [6.45, 7) is -0.514. The quantitative estimate of drug-likeness (QED) is 0.474. The molecule has 0 amide bonds. The molecule has 5 nitrogen and oxygen atoms in total.